The van der Waals surface area contributed by atoms with Crippen molar-refractivity contribution in [2.75, 3.05) is 14.2 Å². The topological polar surface area (TPSA) is 79.8 Å². The molecule has 0 aliphatic heterocycles. The number of aromatic nitrogens is 2. The maximum atomic E-state index is 12.1. The molecular formula is C22H20N2O5. The molecule has 1 aromatic heterocycles. The van der Waals surface area contributed by atoms with Crippen molar-refractivity contribution >= 4 is 11.5 Å². The summed E-state index contributed by atoms with van der Waals surface area (Å²) in [5.74, 6) is 0.664. The van der Waals surface area contributed by atoms with Crippen LogP contribution >= 0.6 is 0 Å². The molecule has 0 saturated heterocycles. The quantitative estimate of drug-likeness (QED) is 0.325. The largest absolute Gasteiger partial charge is 0.503 e. The van der Waals surface area contributed by atoms with Gasteiger partial charge in [0.25, 0.3) is 0 Å². The fourth-order valence-electron chi connectivity index (χ4n) is 2.59. The number of hydrogen-bond acceptors (Lipinski definition) is 7. The van der Waals surface area contributed by atoms with Crippen LogP contribution in [0.1, 0.15) is 11.1 Å². The Morgan fingerprint density at radius 3 is 2.48 bits per heavy atom. The van der Waals surface area contributed by atoms with E-state index in [-0.39, 0.29) is 12.6 Å². The molecule has 3 aromatic rings. The highest BCUT2D eigenvalue weighted by Crippen LogP contribution is 2.26. The lowest BCUT2D eigenvalue weighted by Crippen LogP contribution is -2.08. The first-order valence-electron chi connectivity index (χ1n) is 8.78. The fraction of sp³-hybridized carbons (Fsp3) is 0.136. The van der Waals surface area contributed by atoms with Crippen LogP contribution in [0.4, 0.5) is 0 Å². The monoisotopic (exact) mass is 392 g/mol. The molecule has 148 valence electrons. The third-order valence-electron chi connectivity index (χ3n) is 3.90. The number of carbonyl (C=O) groups excluding carboxylic acids is 1. The highest BCUT2D eigenvalue weighted by molar-refractivity contribution is 6.16. The second-order valence-electron chi connectivity index (χ2n) is 5.81. The summed E-state index contributed by atoms with van der Waals surface area (Å²) in [5, 5.41) is 0. The maximum absolute atomic E-state index is 12.1. The number of hydrogen-bond donors (Lipinski definition) is 0. The Bertz CT molecular complexity index is 989. The number of methoxy groups -OCH3 is 2. The van der Waals surface area contributed by atoms with Crippen LogP contribution < -0.4 is 9.47 Å². The molecule has 0 N–H and O–H groups in total. The highest BCUT2D eigenvalue weighted by Gasteiger charge is 2.17. The van der Waals surface area contributed by atoms with E-state index in [0.717, 1.165) is 5.56 Å². The minimum Gasteiger partial charge on any atom is -0.503 e. The van der Waals surface area contributed by atoms with E-state index in [1.807, 2.05) is 36.4 Å². The number of carbonyl (C=O) groups is 1. The standard InChI is InChI=1S/C22H20N2O5/c1-26-15-20(21(25)27-2)19-10-4-3-7-16(19)14-28-17-8-5-9-18(13-17)29-22-23-11-6-12-24-22/h3-13,15H,14H2,1-2H3/b20-15+. The highest BCUT2D eigenvalue weighted by atomic mass is 16.5. The summed E-state index contributed by atoms with van der Waals surface area (Å²) < 4.78 is 21.4. The van der Waals surface area contributed by atoms with Crippen LogP contribution in [-0.4, -0.2) is 30.2 Å². The lowest BCUT2D eigenvalue weighted by Gasteiger charge is -2.13. The van der Waals surface area contributed by atoms with E-state index in [0.29, 0.717) is 22.6 Å². The average molecular weight is 392 g/mol. The van der Waals surface area contributed by atoms with Gasteiger partial charge in [0.15, 0.2) is 0 Å². The van der Waals surface area contributed by atoms with E-state index in [1.54, 1.807) is 30.6 Å². The van der Waals surface area contributed by atoms with E-state index >= 15 is 0 Å². The van der Waals surface area contributed by atoms with Gasteiger partial charge in [0.05, 0.1) is 20.5 Å². The van der Waals surface area contributed by atoms with Crippen LogP contribution in [0.15, 0.2) is 73.3 Å². The molecule has 7 nitrogen and oxygen atoms in total. The molecule has 0 bridgehead atoms. The lowest BCUT2D eigenvalue weighted by atomic mass is 10.0. The molecule has 0 amide bonds. The minimum absolute atomic E-state index is 0.236. The molecule has 0 aliphatic rings. The van der Waals surface area contributed by atoms with Crippen molar-refractivity contribution in [2.24, 2.45) is 0 Å². The zero-order valence-electron chi connectivity index (χ0n) is 16.1. The first-order valence-corrected chi connectivity index (χ1v) is 8.78. The van der Waals surface area contributed by atoms with Gasteiger partial charge in [0, 0.05) is 18.5 Å². The van der Waals surface area contributed by atoms with Crippen molar-refractivity contribution in [3.8, 4) is 17.5 Å². The van der Waals surface area contributed by atoms with Crippen LogP contribution in [0.25, 0.3) is 5.57 Å². The molecule has 3 rings (SSSR count). The zero-order valence-corrected chi connectivity index (χ0v) is 16.1. The minimum atomic E-state index is -0.488. The van der Waals surface area contributed by atoms with Gasteiger partial charge in [-0.1, -0.05) is 30.3 Å². The van der Waals surface area contributed by atoms with Crippen molar-refractivity contribution in [3.05, 3.63) is 84.4 Å². The molecule has 1 heterocycles. The summed E-state index contributed by atoms with van der Waals surface area (Å²) in [6, 6.07) is 16.5. The fourth-order valence-corrected chi connectivity index (χ4v) is 2.59. The Morgan fingerprint density at radius 2 is 1.72 bits per heavy atom. The number of benzene rings is 2. The van der Waals surface area contributed by atoms with Gasteiger partial charge in [-0.05, 0) is 29.3 Å². The van der Waals surface area contributed by atoms with Gasteiger partial charge >= 0.3 is 12.0 Å². The normalized spacial score (nSPS) is 10.9. The maximum Gasteiger partial charge on any atom is 0.341 e. The zero-order chi connectivity index (χ0) is 20.5. The van der Waals surface area contributed by atoms with Crippen molar-refractivity contribution < 1.29 is 23.7 Å². The van der Waals surface area contributed by atoms with Gasteiger partial charge in [-0.3, -0.25) is 0 Å². The van der Waals surface area contributed by atoms with Crippen molar-refractivity contribution in [2.45, 2.75) is 6.61 Å². The molecule has 0 spiro atoms. The summed E-state index contributed by atoms with van der Waals surface area (Å²) >= 11 is 0. The molecule has 0 fully saturated rings. The van der Waals surface area contributed by atoms with Gasteiger partial charge in [0.2, 0.25) is 0 Å². The van der Waals surface area contributed by atoms with E-state index in [2.05, 4.69) is 9.97 Å². The van der Waals surface area contributed by atoms with Crippen LogP contribution in [0.5, 0.6) is 17.5 Å². The van der Waals surface area contributed by atoms with E-state index in [9.17, 15) is 4.79 Å². The first kappa shape index (κ1) is 19.9. The summed E-state index contributed by atoms with van der Waals surface area (Å²) in [5.41, 5.74) is 1.79. The smallest absolute Gasteiger partial charge is 0.341 e. The molecule has 7 heteroatoms. The second-order valence-corrected chi connectivity index (χ2v) is 5.81. The first-order chi connectivity index (χ1) is 14.2. The van der Waals surface area contributed by atoms with E-state index in [1.165, 1.54) is 20.5 Å². The summed E-state index contributed by atoms with van der Waals surface area (Å²) in [4.78, 5) is 20.2. The number of esters is 1. The predicted molar refractivity (Wildman–Crippen MR) is 106 cm³/mol. The predicted octanol–water partition coefficient (Wildman–Crippen LogP) is 4.01. The van der Waals surface area contributed by atoms with E-state index < -0.39 is 5.97 Å². The molecule has 29 heavy (non-hydrogen) atoms. The average Bonchev–Trinajstić information content (AvgIpc) is 2.77. The molecule has 0 unspecified atom stereocenters. The molecule has 0 aliphatic carbocycles. The van der Waals surface area contributed by atoms with Crippen LogP contribution in [-0.2, 0) is 20.9 Å². The summed E-state index contributed by atoms with van der Waals surface area (Å²) in [6.45, 7) is 0.236. The molecule has 2 aromatic carbocycles. The Balaban J connectivity index is 1.76. The SMILES string of the molecule is CO/C=C(/C(=O)OC)c1ccccc1COc1cccc(Oc2ncccn2)c1. The number of nitrogens with zero attached hydrogens (tertiary/aromatic N) is 2. The van der Waals surface area contributed by atoms with Crippen molar-refractivity contribution in [1.29, 1.82) is 0 Å². The Hall–Kier alpha value is -3.87. The number of rotatable bonds is 8. The Labute approximate surface area is 168 Å². The Morgan fingerprint density at radius 1 is 0.966 bits per heavy atom. The van der Waals surface area contributed by atoms with Gasteiger partial charge in [-0.25, -0.2) is 14.8 Å². The Kier molecular flexibility index (Phi) is 6.78. The second kappa shape index (κ2) is 9.89. The summed E-state index contributed by atoms with van der Waals surface area (Å²) in [6.07, 6.45) is 4.57. The van der Waals surface area contributed by atoms with Gasteiger partial charge in [-0.15, -0.1) is 0 Å². The molecule has 0 radical (unpaired) electrons. The van der Waals surface area contributed by atoms with Crippen LogP contribution in [0.2, 0.25) is 0 Å². The van der Waals surface area contributed by atoms with Crippen LogP contribution in [0.3, 0.4) is 0 Å². The third kappa shape index (κ3) is 5.32. The third-order valence-corrected chi connectivity index (χ3v) is 3.90. The van der Waals surface area contributed by atoms with E-state index in [4.69, 9.17) is 18.9 Å². The molecule has 0 atom stereocenters. The van der Waals surface area contributed by atoms with Gasteiger partial charge < -0.3 is 18.9 Å². The lowest BCUT2D eigenvalue weighted by molar-refractivity contribution is -0.133. The molecular weight excluding hydrogens is 372 g/mol. The number of ether oxygens (including phenoxy) is 4. The van der Waals surface area contributed by atoms with Crippen molar-refractivity contribution in [1.82, 2.24) is 9.97 Å². The van der Waals surface area contributed by atoms with Gasteiger partial charge in [-0.2, -0.15) is 0 Å². The summed E-state index contributed by atoms with van der Waals surface area (Å²) in [7, 11) is 2.80. The molecule has 0 saturated carbocycles. The van der Waals surface area contributed by atoms with Crippen LogP contribution in [0, 0.1) is 0 Å². The van der Waals surface area contributed by atoms with Crippen molar-refractivity contribution in [3.63, 3.8) is 0 Å². The van der Waals surface area contributed by atoms with Gasteiger partial charge in [0.1, 0.15) is 23.7 Å².